The molecule has 0 aliphatic rings. The number of rotatable bonds is 4. The predicted octanol–water partition coefficient (Wildman–Crippen LogP) is 5.37. The van der Waals surface area contributed by atoms with Crippen LogP contribution in [-0.4, -0.2) is 18.0 Å². The maximum Gasteiger partial charge on any atom is 0.345 e. The first-order valence-corrected chi connectivity index (χ1v) is 10.3. The molecular formula is C21H15BrN2O4S. The first kappa shape index (κ1) is 19.4. The van der Waals surface area contributed by atoms with Gasteiger partial charge < -0.3 is 9.15 Å². The van der Waals surface area contributed by atoms with Gasteiger partial charge in [0.05, 0.1) is 24.1 Å². The molecule has 0 atom stereocenters. The van der Waals surface area contributed by atoms with Gasteiger partial charge in [-0.3, -0.25) is 9.69 Å². The molecule has 4 rings (SSSR count). The molecule has 0 fully saturated rings. The molecule has 0 saturated heterocycles. The van der Waals surface area contributed by atoms with Gasteiger partial charge in [-0.1, -0.05) is 15.9 Å². The minimum atomic E-state index is -0.476. The molecule has 4 aromatic rings. The highest BCUT2D eigenvalue weighted by Gasteiger charge is 2.20. The predicted molar refractivity (Wildman–Crippen MR) is 117 cm³/mol. The minimum Gasteiger partial charge on any atom is -0.497 e. The summed E-state index contributed by atoms with van der Waals surface area (Å²) in [6.45, 7) is 1.47. The van der Waals surface area contributed by atoms with E-state index < -0.39 is 5.63 Å². The number of aromatic nitrogens is 1. The first-order chi connectivity index (χ1) is 14.0. The van der Waals surface area contributed by atoms with E-state index in [1.807, 2.05) is 12.1 Å². The first-order valence-electron chi connectivity index (χ1n) is 8.60. The Hall–Kier alpha value is -2.97. The summed E-state index contributed by atoms with van der Waals surface area (Å²) in [5.74, 6) is 0.502. The molecule has 2 heterocycles. The SMILES string of the molecule is COc1ccc(N(C(C)=O)c2nc(-c3cc4cc(Br)ccc4oc3=O)cs2)cc1. The molecule has 0 aliphatic heterocycles. The van der Waals surface area contributed by atoms with E-state index in [0.717, 1.165) is 9.86 Å². The van der Waals surface area contributed by atoms with Crippen molar-refractivity contribution in [1.82, 2.24) is 4.98 Å². The normalized spacial score (nSPS) is 10.9. The van der Waals surface area contributed by atoms with Gasteiger partial charge in [-0.05, 0) is 48.5 Å². The minimum absolute atomic E-state index is 0.189. The molecular weight excluding hydrogens is 456 g/mol. The smallest absolute Gasteiger partial charge is 0.345 e. The Labute approximate surface area is 178 Å². The highest BCUT2D eigenvalue weighted by Crippen LogP contribution is 2.33. The maximum absolute atomic E-state index is 12.5. The molecule has 8 heteroatoms. The lowest BCUT2D eigenvalue weighted by atomic mass is 10.1. The third kappa shape index (κ3) is 3.81. The number of halogens is 1. The second kappa shape index (κ2) is 7.81. The third-order valence-electron chi connectivity index (χ3n) is 4.30. The number of fused-ring (bicyclic) bond motifs is 1. The standard InChI is InChI=1S/C21H15BrN2O4S/c1-12(25)24(15-4-6-16(27-2)7-5-15)21-23-18(11-29-21)17-10-13-9-14(22)3-8-19(13)28-20(17)26/h3-11H,1-2H3. The fourth-order valence-corrected chi connectivity index (χ4v) is 4.19. The van der Waals surface area contributed by atoms with E-state index in [4.69, 9.17) is 9.15 Å². The van der Waals surface area contributed by atoms with Gasteiger partial charge in [-0.15, -0.1) is 11.3 Å². The quantitative estimate of drug-likeness (QED) is 0.374. The summed E-state index contributed by atoms with van der Waals surface area (Å²) in [5.41, 5.74) is 1.49. The van der Waals surface area contributed by atoms with E-state index >= 15 is 0 Å². The number of thiazole rings is 1. The number of carbonyl (C=O) groups is 1. The lowest BCUT2D eigenvalue weighted by Crippen LogP contribution is -2.22. The number of hydrogen-bond acceptors (Lipinski definition) is 6. The second-order valence-electron chi connectivity index (χ2n) is 6.20. The Morgan fingerprint density at radius 1 is 1.17 bits per heavy atom. The summed E-state index contributed by atoms with van der Waals surface area (Å²) in [6, 6.07) is 14.3. The molecule has 2 aromatic heterocycles. The number of nitrogens with zero attached hydrogens (tertiary/aromatic N) is 2. The van der Waals surface area contributed by atoms with Gasteiger partial charge in [0.25, 0.3) is 0 Å². The molecule has 0 aliphatic carbocycles. The van der Waals surface area contributed by atoms with Crippen LogP contribution in [0.2, 0.25) is 0 Å². The van der Waals surface area contributed by atoms with Crippen LogP contribution < -0.4 is 15.3 Å². The van der Waals surface area contributed by atoms with Crippen molar-refractivity contribution < 1.29 is 13.9 Å². The van der Waals surface area contributed by atoms with Crippen molar-refractivity contribution in [3.8, 4) is 17.0 Å². The highest BCUT2D eigenvalue weighted by molar-refractivity contribution is 9.10. The molecule has 29 heavy (non-hydrogen) atoms. The van der Waals surface area contributed by atoms with E-state index in [0.29, 0.717) is 33.4 Å². The molecule has 1 amide bonds. The zero-order valence-corrected chi connectivity index (χ0v) is 17.9. The highest BCUT2D eigenvalue weighted by atomic mass is 79.9. The van der Waals surface area contributed by atoms with Crippen LogP contribution in [0.25, 0.3) is 22.2 Å². The van der Waals surface area contributed by atoms with Crippen LogP contribution in [0.1, 0.15) is 6.92 Å². The zero-order chi connectivity index (χ0) is 20.5. The molecule has 0 spiro atoms. The number of carbonyl (C=O) groups excluding carboxylic acids is 1. The van der Waals surface area contributed by atoms with Crippen molar-refractivity contribution in [2.24, 2.45) is 0 Å². The van der Waals surface area contributed by atoms with Gasteiger partial charge in [0.15, 0.2) is 5.13 Å². The van der Waals surface area contributed by atoms with Crippen LogP contribution in [0.5, 0.6) is 5.75 Å². The Bertz CT molecular complexity index is 1260. The molecule has 0 unspecified atom stereocenters. The summed E-state index contributed by atoms with van der Waals surface area (Å²) in [7, 11) is 1.58. The van der Waals surface area contributed by atoms with Gasteiger partial charge in [-0.2, -0.15) is 0 Å². The van der Waals surface area contributed by atoms with Gasteiger partial charge in [-0.25, -0.2) is 9.78 Å². The van der Waals surface area contributed by atoms with Crippen molar-refractivity contribution in [2.75, 3.05) is 12.0 Å². The van der Waals surface area contributed by atoms with Crippen molar-refractivity contribution in [1.29, 1.82) is 0 Å². The maximum atomic E-state index is 12.5. The summed E-state index contributed by atoms with van der Waals surface area (Å²) < 4.78 is 11.5. The number of hydrogen-bond donors (Lipinski definition) is 0. The molecule has 0 N–H and O–H groups in total. The Balaban J connectivity index is 1.76. The van der Waals surface area contributed by atoms with Crippen molar-refractivity contribution in [3.05, 3.63) is 68.8 Å². The average molecular weight is 471 g/mol. The van der Waals surface area contributed by atoms with Crippen LogP contribution in [0, 0.1) is 0 Å². The average Bonchev–Trinajstić information content (AvgIpc) is 3.17. The number of ether oxygens (including phenoxy) is 1. The summed E-state index contributed by atoms with van der Waals surface area (Å²) in [6.07, 6.45) is 0. The number of methoxy groups -OCH3 is 1. The number of anilines is 2. The molecule has 6 nitrogen and oxygen atoms in total. The molecule has 146 valence electrons. The monoisotopic (exact) mass is 470 g/mol. The van der Waals surface area contributed by atoms with Crippen molar-refractivity contribution in [3.63, 3.8) is 0 Å². The van der Waals surface area contributed by atoms with Crippen LogP contribution >= 0.6 is 27.3 Å². The van der Waals surface area contributed by atoms with Gasteiger partial charge >= 0.3 is 5.63 Å². The lowest BCUT2D eigenvalue weighted by molar-refractivity contribution is -0.115. The fraction of sp³-hybridized carbons (Fsp3) is 0.0952. The summed E-state index contributed by atoms with van der Waals surface area (Å²) in [4.78, 5) is 30.8. The van der Waals surface area contributed by atoms with Gasteiger partial charge in [0.2, 0.25) is 5.91 Å². The second-order valence-corrected chi connectivity index (χ2v) is 7.95. The zero-order valence-electron chi connectivity index (χ0n) is 15.5. The van der Waals surface area contributed by atoms with E-state index in [-0.39, 0.29) is 5.91 Å². The third-order valence-corrected chi connectivity index (χ3v) is 5.62. The molecule has 0 saturated carbocycles. The van der Waals surface area contributed by atoms with E-state index in [1.165, 1.54) is 23.2 Å². The Kier molecular flexibility index (Phi) is 5.21. The Morgan fingerprint density at radius 3 is 2.62 bits per heavy atom. The summed E-state index contributed by atoms with van der Waals surface area (Å²) in [5, 5.41) is 2.98. The van der Waals surface area contributed by atoms with E-state index in [2.05, 4.69) is 20.9 Å². The fourth-order valence-electron chi connectivity index (χ4n) is 2.92. The largest absolute Gasteiger partial charge is 0.497 e. The molecule has 0 bridgehead atoms. The van der Waals surface area contributed by atoms with E-state index in [9.17, 15) is 9.59 Å². The van der Waals surface area contributed by atoms with Crippen LogP contribution in [0.15, 0.2) is 67.6 Å². The van der Waals surface area contributed by atoms with Crippen LogP contribution in [-0.2, 0) is 4.79 Å². The summed E-state index contributed by atoms with van der Waals surface area (Å²) >= 11 is 4.70. The van der Waals surface area contributed by atoms with Crippen molar-refractivity contribution in [2.45, 2.75) is 6.92 Å². The van der Waals surface area contributed by atoms with E-state index in [1.54, 1.807) is 48.9 Å². The van der Waals surface area contributed by atoms with Gasteiger partial charge in [0, 0.05) is 22.2 Å². The van der Waals surface area contributed by atoms with Crippen LogP contribution in [0.3, 0.4) is 0 Å². The topological polar surface area (TPSA) is 72.6 Å². The lowest BCUT2D eigenvalue weighted by Gasteiger charge is -2.18. The molecule has 0 radical (unpaired) electrons. The number of benzene rings is 2. The Morgan fingerprint density at radius 2 is 1.93 bits per heavy atom. The van der Waals surface area contributed by atoms with Gasteiger partial charge in [0.1, 0.15) is 11.3 Å². The molecule has 2 aromatic carbocycles. The number of amides is 1. The van der Waals surface area contributed by atoms with Crippen molar-refractivity contribution >= 4 is 55.0 Å². The van der Waals surface area contributed by atoms with Crippen LogP contribution in [0.4, 0.5) is 10.8 Å².